The van der Waals surface area contributed by atoms with Crippen LogP contribution >= 0.6 is 0 Å². The van der Waals surface area contributed by atoms with Crippen LogP contribution in [0.15, 0.2) is 28.5 Å². The maximum absolute atomic E-state index is 10.2. The normalized spacial score (nSPS) is 34.4. The van der Waals surface area contributed by atoms with Gasteiger partial charge in [-0.15, -0.1) is 5.73 Å². The molecule has 1 N–H and O–H groups in total. The molecule has 3 rings (SSSR count). The standard InChI is InChI=1S/C27H44O/c1-19(2)9-6-10-20(3)24-16-17-25-23(12-8-18-27(24,25)5)15-14-22-11-7-13-26(28)21(22)4/h14,19-20,24-26,28H,6-13,16-18H2,1-5H3/t15?,20?,24?,25-,26+,27?/m0/s1. The maximum Gasteiger partial charge on any atom is 0.0753 e. The van der Waals surface area contributed by atoms with Gasteiger partial charge in [0.1, 0.15) is 0 Å². The van der Waals surface area contributed by atoms with Crippen molar-refractivity contribution in [2.45, 2.75) is 111 Å². The van der Waals surface area contributed by atoms with E-state index in [0.717, 1.165) is 42.9 Å². The van der Waals surface area contributed by atoms with Crippen molar-refractivity contribution in [3.05, 3.63) is 28.5 Å². The van der Waals surface area contributed by atoms with Crippen LogP contribution in [0.1, 0.15) is 105 Å². The molecule has 0 aromatic rings. The van der Waals surface area contributed by atoms with Crippen LogP contribution in [0.5, 0.6) is 0 Å². The molecule has 0 spiro atoms. The van der Waals surface area contributed by atoms with Crippen LogP contribution in [0.3, 0.4) is 0 Å². The van der Waals surface area contributed by atoms with E-state index in [1.165, 1.54) is 62.5 Å². The van der Waals surface area contributed by atoms with Crippen molar-refractivity contribution >= 4 is 0 Å². The SMILES string of the molecule is CC1=C(C=C=C2CCCC3(C)C(C(C)CCCC(C)C)CC[C@@H]23)CCC[C@H]1O. The molecule has 0 bridgehead atoms. The number of allylic oxidation sites excluding steroid dienone is 2. The molecule has 5 atom stereocenters. The van der Waals surface area contributed by atoms with Gasteiger partial charge in [0.25, 0.3) is 0 Å². The Hall–Kier alpha value is -0.780. The van der Waals surface area contributed by atoms with Crippen LogP contribution in [-0.4, -0.2) is 11.2 Å². The number of rotatable bonds is 6. The lowest BCUT2D eigenvalue weighted by atomic mass is 9.61. The van der Waals surface area contributed by atoms with E-state index in [1.807, 2.05) is 0 Å². The van der Waals surface area contributed by atoms with Crippen LogP contribution in [0.4, 0.5) is 0 Å². The van der Waals surface area contributed by atoms with Crippen molar-refractivity contribution in [1.29, 1.82) is 0 Å². The molecule has 1 nitrogen and oxygen atoms in total. The molecule has 0 radical (unpaired) electrons. The minimum Gasteiger partial charge on any atom is -0.389 e. The van der Waals surface area contributed by atoms with Crippen molar-refractivity contribution < 1.29 is 5.11 Å². The summed E-state index contributed by atoms with van der Waals surface area (Å²) in [4.78, 5) is 0. The second-order valence-corrected chi connectivity index (χ2v) is 10.8. The summed E-state index contributed by atoms with van der Waals surface area (Å²) in [5.74, 6) is 3.32. The number of hydrogen-bond acceptors (Lipinski definition) is 1. The fourth-order valence-electron chi connectivity index (χ4n) is 6.67. The zero-order valence-corrected chi connectivity index (χ0v) is 19.2. The summed E-state index contributed by atoms with van der Waals surface area (Å²) in [6.45, 7) is 11.9. The quantitative estimate of drug-likeness (QED) is 0.467. The Morgan fingerprint density at radius 3 is 2.64 bits per heavy atom. The molecule has 0 amide bonds. The minimum absolute atomic E-state index is 0.231. The summed E-state index contributed by atoms with van der Waals surface area (Å²) < 4.78 is 0. The van der Waals surface area contributed by atoms with E-state index in [9.17, 15) is 5.11 Å². The van der Waals surface area contributed by atoms with Gasteiger partial charge in [-0.05, 0) is 110 Å². The highest BCUT2D eigenvalue weighted by Crippen LogP contribution is 2.59. The maximum atomic E-state index is 10.2. The van der Waals surface area contributed by atoms with Gasteiger partial charge in [-0.25, -0.2) is 0 Å². The molecule has 3 aliphatic rings. The summed E-state index contributed by atoms with van der Waals surface area (Å²) in [5, 5.41) is 10.2. The second-order valence-electron chi connectivity index (χ2n) is 10.8. The monoisotopic (exact) mass is 384 g/mol. The second kappa shape index (κ2) is 9.36. The van der Waals surface area contributed by atoms with Crippen LogP contribution < -0.4 is 0 Å². The topological polar surface area (TPSA) is 20.2 Å². The van der Waals surface area contributed by atoms with E-state index in [1.54, 1.807) is 5.57 Å². The lowest BCUT2D eigenvalue weighted by Crippen LogP contribution is -2.35. The minimum atomic E-state index is -0.231. The average Bonchev–Trinajstić information content (AvgIpc) is 3.00. The van der Waals surface area contributed by atoms with E-state index >= 15 is 0 Å². The van der Waals surface area contributed by atoms with Crippen molar-refractivity contribution in [2.75, 3.05) is 0 Å². The molecule has 3 unspecified atom stereocenters. The molecule has 0 aromatic carbocycles. The zero-order chi connectivity index (χ0) is 20.3. The molecule has 3 aliphatic carbocycles. The zero-order valence-electron chi connectivity index (χ0n) is 19.2. The molecular formula is C27H44O. The van der Waals surface area contributed by atoms with Gasteiger partial charge >= 0.3 is 0 Å². The predicted molar refractivity (Wildman–Crippen MR) is 120 cm³/mol. The summed E-state index contributed by atoms with van der Waals surface area (Å²) in [6.07, 6.45) is 16.1. The van der Waals surface area contributed by atoms with Crippen LogP contribution in [0, 0.1) is 29.1 Å². The largest absolute Gasteiger partial charge is 0.389 e. The first-order chi connectivity index (χ1) is 13.3. The highest BCUT2D eigenvalue weighted by molar-refractivity contribution is 5.31. The van der Waals surface area contributed by atoms with Crippen LogP contribution in [0.2, 0.25) is 0 Å². The van der Waals surface area contributed by atoms with E-state index in [-0.39, 0.29) is 6.10 Å². The molecule has 28 heavy (non-hydrogen) atoms. The number of aliphatic hydroxyl groups is 1. The number of hydrogen-bond donors (Lipinski definition) is 1. The van der Waals surface area contributed by atoms with Gasteiger partial charge in [-0.3, -0.25) is 0 Å². The fraction of sp³-hybridized carbons (Fsp3) is 0.815. The Balaban J connectivity index is 1.74. The smallest absolute Gasteiger partial charge is 0.0753 e. The molecule has 1 heteroatoms. The van der Waals surface area contributed by atoms with Gasteiger partial charge in [-0.2, -0.15) is 0 Å². The Morgan fingerprint density at radius 2 is 1.89 bits per heavy atom. The Labute approximate surface area is 174 Å². The van der Waals surface area contributed by atoms with Gasteiger partial charge in [-0.1, -0.05) is 47.0 Å². The molecule has 2 saturated carbocycles. The summed E-state index contributed by atoms with van der Waals surface area (Å²) in [7, 11) is 0. The van der Waals surface area contributed by atoms with Gasteiger partial charge in [0, 0.05) is 0 Å². The lowest BCUT2D eigenvalue weighted by Gasteiger charge is -2.44. The summed E-state index contributed by atoms with van der Waals surface area (Å²) in [6, 6.07) is 0. The van der Waals surface area contributed by atoms with Crippen molar-refractivity contribution in [3.63, 3.8) is 0 Å². The first kappa shape index (κ1) is 21.9. The third-order valence-electron chi connectivity index (χ3n) is 8.48. The molecule has 158 valence electrons. The van der Waals surface area contributed by atoms with Gasteiger partial charge < -0.3 is 5.11 Å². The first-order valence-electron chi connectivity index (χ1n) is 12.2. The van der Waals surface area contributed by atoms with Crippen molar-refractivity contribution in [3.8, 4) is 0 Å². The van der Waals surface area contributed by atoms with E-state index in [0.29, 0.717) is 5.41 Å². The average molecular weight is 385 g/mol. The number of aliphatic hydroxyl groups excluding tert-OH is 1. The van der Waals surface area contributed by atoms with Gasteiger partial charge in [0.05, 0.1) is 6.10 Å². The molecule has 2 fully saturated rings. The molecule has 0 heterocycles. The summed E-state index contributed by atoms with van der Waals surface area (Å²) >= 11 is 0. The fourth-order valence-corrected chi connectivity index (χ4v) is 6.67. The highest BCUT2D eigenvalue weighted by atomic mass is 16.3. The van der Waals surface area contributed by atoms with E-state index < -0.39 is 0 Å². The highest BCUT2D eigenvalue weighted by Gasteiger charge is 2.50. The van der Waals surface area contributed by atoms with Crippen LogP contribution in [-0.2, 0) is 0 Å². The summed E-state index contributed by atoms with van der Waals surface area (Å²) in [5.41, 5.74) is 8.38. The predicted octanol–water partition coefficient (Wildman–Crippen LogP) is 7.61. The first-order valence-corrected chi connectivity index (χ1v) is 12.2. The van der Waals surface area contributed by atoms with Crippen molar-refractivity contribution in [2.24, 2.45) is 29.1 Å². The third kappa shape index (κ3) is 4.68. The lowest BCUT2D eigenvalue weighted by molar-refractivity contribution is 0.0930. The molecule has 0 aliphatic heterocycles. The Morgan fingerprint density at radius 1 is 1.11 bits per heavy atom. The third-order valence-corrected chi connectivity index (χ3v) is 8.48. The van der Waals surface area contributed by atoms with Crippen molar-refractivity contribution in [1.82, 2.24) is 0 Å². The molecular weight excluding hydrogens is 340 g/mol. The Kier molecular flexibility index (Phi) is 7.32. The van der Waals surface area contributed by atoms with E-state index in [4.69, 9.17) is 0 Å². The van der Waals surface area contributed by atoms with Gasteiger partial charge in [0.2, 0.25) is 0 Å². The Bertz CT molecular complexity index is 633. The van der Waals surface area contributed by atoms with Gasteiger partial charge in [0.15, 0.2) is 0 Å². The molecule has 0 aromatic heterocycles. The molecule has 0 saturated heterocycles. The number of fused-ring (bicyclic) bond motifs is 1. The van der Waals surface area contributed by atoms with E-state index in [2.05, 4.69) is 46.4 Å². The van der Waals surface area contributed by atoms with Crippen LogP contribution in [0.25, 0.3) is 0 Å².